The molecule has 0 unspecified atom stereocenters. The van der Waals surface area contributed by atoms with Gasteiger partial charge in [-0.2, -0.15) is 0 Å². The molecule has 0 saturated carbocycles. The van der Waals surface area contributed by atoms with Crippen molar-refractivity contribution >= 4 is 62.5 Å². The molecule has 1 aliphatic rings. The summed E-state index contributed by atoms with van der Waals surface area (Å²) in [6.45, 7) is 3.89. The van der Waals surface area contributed by atoms with Gasteiger partial charge in [0.2, 0.25) is 0 Å². The lowest BCUT2D eigenvalue weighted by atomic mass is 10.1. The minimum absolute atomic E-state index is 0.256. The maximum atomic E-state index is 13.4. The summed E-state index contributed by atoms with van der Waals surface area (Å²) >= 11 is 10.7. The molecule has 156 valence electrons. The zero-order valence-corrected chi connectivity index (χ0v) is 19.9. The summed E-state index contributed by atoms with van der Waals surface area (Å²) in [7, 11) is 0. The lowest BCUT2D eigenvalue weighted by Crippen LogP contribution is -2.32. The number of nitrogens with zero attached hydrogens (tertiary/aromatic N) is 1. The molecule has 0 aliphatic carbocycles. The molecule has 0 atom stereocenters. The highest BCUT2D eigenvalue weighted by Crippen LogP contribution is 2.38. The van der Waals surface area contributed by atoms with Gasteiger partial charge in [0.15, 0.2) is 0 Å². The van der Waals surface area contributed by atoms with Gasteiger partial charge in [-0.05, 0) is 85.6 Å². The molecule has 0 aromatic heterocycles. The second-order valence-corrected chi connectivity index (χ2v) is 9.62. The van der Waals surface area contributed by atoms with Gasteiger partial charge in [0.05, 0.1) is 5.69 Å². The Morgan fingerprint density at radius 1 is 0.871 bits per heavy atom. The van der Waals surface area contributed by atoms with Crippen LogP contribution in [0.1, 0.15) is 11.1 Å². The number of nitrogens with one attached hydrogen (secondary N) is 1. The number of aryl methyl sites for hydroxylation is 2. The number of benzene rings is 3. The molecule has 0 bridgehead atoms. The van der Waals surface area contributed by atoms with Crippen molar-refractivity contribution in [2.45, 2.75) is 18.7 Å². The van der Waals surface area contributed by atoms with Crippen molar-refractivity contribution in [3.63, 3.8) is 0 Å². The van der Waals surface area contributed by atoms with Gasteiger partial charge in [0.1, 0.15) is 10.6 Å². The second-order valence-electron chi connectivity index (χ2n) is 7.18. The minimum atomic E-state index is -0.380. The van der Waals surface area contributed by atoms with Crippen molar-refractivity contribution in [2.75, 3.05) is 10.2 Å². The zero-order valence-electron chi connectivity index (χ0n) is 16.8. The van der Waals surface area contributed by atoms with Crippen molar-refractivity contribution in [3.8, 4) is 0 Å². The van der Waals surface area contributed by atoms with Crippen molar-refractivity contribution in [3.05, 3.63) is 98.0 Å². The maximum Gasteiger partial charge on any atom is 0.283 e. The summed E-state index contributed by atoms with van der Waals surface area (Å²) in [6.07, 6.45) is 0. The van der Waals surface area contributed by atoms with Crippen LogP contribution in [0.4, 0.5) is 11.4 Å². The van der Waals surface area contributed by atoms with Crippen molar-refractivity contribution in [1.29, 1.82) is 0 Å². The van der Waals surface area contributed by atoms with Crippen LogP contribution in [0.25, 0.3) is 0 Å². The largest absolute Gasteiger partial charge is 0.350 e. The van der Waals surface area contributed by atoms with E-state index in [9.17, 15) is 9.59 Å². The first-order valence-corrected chi connectivity index (χ1v) is 11.5. The number of anilines is 2. The van der Waals surface area contributed by atoms with Gasteiger partial charge in [-0.3, -0.25) is 9.59 Å². The molecule has 1 heterocycles. The predicted octanol–water partition coefficient (Wildman–Crippen LogP) is 6.71. The highest BCUT2D eigenvalue weighted by Gasteiger charge is 2.40. The fourth-order valence-electron chi connectivity index (χ4n) is 3.33. The summed E-state index contributed by atoms with van der Waals surface area (Å²) in [5.74, 6) is -0.732. The van der Waals surface area contributed by atoms with Crippen LogP contribution in [-0.2, 0) is 9.59 Å². The molecule has 0 saturated heterocycles. The molecule has 0 radical (unpaired) electrons. The Morgan fingerprint density at radius 3 is 2.10 bits per heavy atom. The second kappa shape index (κ2) is 8.91. The van der Waals surface area contributed by atoms with E-state index in [-0.39, 0.29) is 17.5 Å². The number of rotatable bonds is 5. The first-order chi connectivity index (χ1) is 14.8. The van der Waals surface area contributed by atoms with E-state index >= 15 is 0 Å². The summed E-state index contributed by atoms with van der Waals surface area (Å²) in [5.41, 5.74) is 3.50. The van der Waals surface area contributed by atoms with Crippen LogP contribution in [0.15, 0.2) is 86.7 Å². The molecule has 0 fully saturated rings. The Morgan fingerprint density at radius 2 is 1.48 bits per heavy atom. The molecular formula is C24H18BrClN2O2S. The predicted molar refractivity (Wildman–Crippen MR) is 131 cm³/mol. The number of carbonyl (C=O) groups is 2. The van der Waals surface area contributed by atoms with Gasteiger partial charge in [0.25, 0.3) is 11.8 Å². The molecule has 31 heavy (non-hydrogen) atoms. The first kappa shape index (κ1) is 21.7. The monoisotopic (exact) mass is 512 g/mol. The van der Waals surface area contributed by atoms with Crippen LogP contribution < -0.4 is 10.2 Å². The standard InChI is InChI=1S/C24H18BrClN2O2S/c1-14-11-15(2)13-19(12-14)28-23(29)21(27-18-7-3-16(25)4-8-18)22(24(28)30)31-20-9-5-17(26)6-10-20/h3-13,27H,1-2H3. The number of hydrogen-bond acceptors (Lipinski definition) is 4. The highest BCUT2D eigenvalue weighted by molar-refractivity contribution is 9.10. The first-order valence-electron chi connectivity index (χ1n) is 9.49. The van der Waals surface area contributed by atoms with Crippen LogP contribution in [0.5, 0.6) is 0 Å². The van der Waals surface area contributed by atoms with E-state index in [1.54, 1.807) is 12.1 Å². The minimum Gasteiger partial charge on any atom is -0.350 e. The average molecular weight is 514 g/mol. The van der Waals surface area contributed by atoms with Crippen LogP contribution in [0, 0.1) is 13.8 Å². The molecular weight excluding hydrogens is 496 g/mol. The van der Waals surface area contributed by atoms with Gasteiger partial charge in [-0.15, -0.1) is 0 Å². The fraction of sp³-hybridized carbons (Fsp3) is 0.0833. The molecule has 3 aromatic carbocycles. The van der Waals surface area contributed by atoms with E-state index in [0.717, 1.165) is 26.2 Å². The summed E-state index contributed by atoms with van der Waals surface area (Å²) in [5, 5.41) is 3.77. The van der Waals surface area contributed by atoms with Gasteiger partial charge >= 0.3 is 0 Å². The zero-order chi connectivity index (χ0) is 22.1. The molecule has 0 spiro atoms. The third kappa shape index (κ3) is 4.71. The summed E-state index contributed by atoms with van der Waals surface area (Å²) in [4.78, 5) is 29.2. The number of imide groups is 1. The van der Waals surface area contributed by atoms with Gasteiger partial charge in [-0.25, -0.2) is 4.90 Å². The van der Waals surface area contributed by atoms with Crippen molar-refractivity contribution < 1.29 is 9.59 Å². The molecule has 4 nitrogen and oxygen atoms in total. The molecule has 4 rings (SSSR count). The summed E-state index contributed by atoms with van der Waals surface area (Å²) < 4.78 is 0.925. The van der Waals surface area contributed by atoms with E-state index in [1.165, 1.54) is 16.7 Å². The van der Waals surface area contributed by atoms with Crippen LogP contribution in [0.3, 0.4) is 0 Å². The van der Waals surface area contributed by atoms with Crippen molar-refractivity contribution in [2.24, 2.45) is 0 Å². The molecule has 1 N–H and O–H groups in total. The Labute approximate surface area is 198 Å². The van der Waals surface area contributed by atoms with Crippen molar-refractivity contribution in [1.82, 2.24) is 0 Å². The van der Waals surface area contributed by atoms with E-state index in [2.05, 4.69) is 21.2 Å². The molecule has 1 aliphatic heterocycles. The smallest absolute Gasteiger partial charge is 0.283 e. The number of hydrogen-bond donors (Lipinski definition) is 1. The van der Waals surface area contributed by atoms with E-state index < -0.39 is 0 Å². The Bertz CT molecular complexity index is 1120. The third-order valence-electron chi connectivity index (χ3n) is 4.65. The fourth-order valence-corrected chi connectivity index (χ4v) is 4.64. The van der Waals surface area contributed by atoms with Gasteiger partial charge in [-0.1, -0.05) is 45.4 Å². The lowest BCUT2D eigenvalue weighted by molar-refractivity contribution is -0.120. The number of halogens is 2. The molecule has 7 heteroatoms. The van der Waals surface area contributed by atoms with E-state index in [1.807, 2.05) is 68.4 Å². The number of amides is 2. The van der Waals surface area contributed by atoms with Crippen LogP contribution >= 0.6 is 39.3 Å². The number of carbonyl (C=O) groups excluding carboxylic acids is 2. The average Bonchev–Trinajstić information content (AvgIpc) is 2.94. The lowest BCUT2D eigenvalue weighted by Gasteiger charge is -2.17. The van der Waals surface area contributed by atoms with Crippen LogP contribution in [-0.4, -0.2) is 11.8 Å². The van der Waals surface area contributed by atoms with E-state index in [0.29, 0.717) is 15.6 Å². The Kier molecular flexibility index (Phi) is 6.23. The maximum absolute atomic E-state index is 13.4. The SMILES string of the molecule is Cc1cc(C)cc(N2C(=O)C(Nc3ccc(Br)cc3)=C(Sc3ccc(Cl)cc3)C2=O)c1. The Hall–Kier alpha value is -2.54. The molecule has 3 aromatic rings. The summed E-state index contributed by atoms with van der Waals surface area (Å²) in [6, 6.07) is 20.3. The quantitative estimate of drug-likeness (QED) is 0.385. The topological polar surface area (TPSA) is 49.4 Å². The third-order valence-corrected chi connectivity index (χ3v) is 6.52. The van der Waals surface area contributed by atoms with E-state index in [4.69, 9.17) is 11.6 Å². The Balaban J connectivity index is 1.75. The van der Waals surface area contributed by atoms with Gasteiger partial charge in [0, 0.05) is 20.1 Å². The normalized spacial score (nSPS) is 13.9. The highest BCUT2D eigenvalue weighted by atomic mass is 79.9. The number of thioether (sulfide) groups is 1. The van der Waals surface area contributed by atoms with Crippen LogP contribution in [0.2, 0.25) is 5.02 Å². The van der Waals surface area contributed by atoms with Gasteiger partial charge < -0.3 is 5.32 Å². The molecule has 2 amide bonds.